The third-order valence-electron chi connectivity index (χ3n) is 2.73. The number of hydrogen-bond acceptors (Lipinski definition) is 2. The van der Waals surface area contributed by atoms with Crippen LogP contribution in [0.1, 0.15) is 12.0 Å². The molecule has 0 fully saturated rings. The standard InChI is InChI=1S/C14H16N3O/c18-15-13-14-5-11-17(12-6-14)10-4-9-16-7-2-1-3-8-16/h1-3,5-8,11-13H,4,9-10H2/q+1/p+1. The fourth-order valence-corrected chi connectivity index (χ4v) is 1.79. The van der Waals surface area contributed by atoms with Crippen LogP contribution in [-0.2, 0) is 13.1 Å². The van der Waals surface area contributed by atoms with Crippen molar-refractivity contribution in [2.24, 2.45) is 5.16 Å². The molecule has 0 unspecified atom stereocenters. The van der Waals surface area contributed by atoms with Crippen molar-refractivity contribution in [2.45, 2.75) is 19.5 Å². The Labute approximate surface area is 106 Å². The van der Waals surface area contributed by atoms with Gasteiger partial charge < -0.3 is 5.21 Å². The molecule has 0 aliphatic heterocycles. The van der Waals surface area contributed by atoms with Gasteiger partial charge in [0.15, 0.2) is 37.9 Å². The Bertz CT molecular complexity index is 494. The van der Waals surface area contributed by atoms with Crippen LogP contribution in [0.5, 0.6) is 0 Å². The first-order chi connectivity index (χ1) is 8.88. The molecule has 0 saturated heterocycles. The van der Waals surface area contributed by atoms with Gasteiger partial charge in [0.25, 0.3) is 0 Å². The van der Waals surface area contributed by atoms with Crippen molar-refractivity contribution >= 4 is 6.21 Å². The Morgan fingerprint density at radius 3 is 2.17 bits per heavy atom. The molecule has 0 spiro atoms. The number of aromatic nitrogens is 2. The Balaban J connectivity index is 1.83. The third-order valence-corrected chi connectivity index (χ3v) is 2.73. The molecular weight excluding hydrogens is 226 g/mol. The number of pyridine rings is 2. The first kappa shape index (κ1) is 12.2. The molecule has 0 aliphatic rings. The molecule has 18 heavy (non-hydrogen) atoms. The van der Waals surface area contributed by atoms with Crippen molar-refractivity contribution in [1.82, 2.24) is 0 Å². The van der Waals surface area contributed by atoms with Gasteiger partial charge in [0.2, 0.25) is 0 Å². The van der Waals surface area contributed by atoms with Crippen LogP contribution >= 0.6 is 0 Å². The van der Waals surface area contributed by atoms with Crippen LogP contribution in [0.2, 0.25) is 0 Å². The van der Waals surface area contributed by atoms with Gasteiger partial charge in [0.1, 0.15) is 0 Å². The molecule has 0 amide bonds. The van der Waals surface area contributed by atoms with Crippen molar-refractivity contribution in [3.05, 3.63) is 60.7 Å². The molecule has 0 radical (unpaired) electrons. The number of hydrogen-bond donors (Lipinski definition) is 1. The highest BCUT2D eigenvalue weighted by Gasteiger charge is 2.03. The van der Waals surface area contributed by atoms with E-state index in [2.05, 4.69) is 26.7 Å². The summed E-state index contributed by atoms with van der Waals surface area (Å²) in [5, 5.41) is 11.4. The van der Waals surface area contributed by atoms with Crippen LogP contribution in [0.4, 0.5) is 0 Å². The highest BCUT2D eigenvalue weighted by molar-refractivity contribution is 5.78. The lowest BCUT2D eigenvalue weighted by molar-refractivity contribution is -0.726. The zero-order valence-electron chi connectivity index (χ0n) is 10.2. The van der Waals surface area contributed by atoms with Gasteiger partial charge in [-0.05, 0) is 0 Å². The summed E-state index contributed by atoms with van der Waals surface area (Å²) < 4.78 is 4.30. The second kappa shape index (κ2) is 6.49. The second-order valence-electron chi connectivity index (χ2n) is 4.08. The quantitative estimate of drug-likeness (QED) is 0.364. The van der Waals surface area contributed by atoms with Gasteiger partial charge in [-0.15, -0.1) is 0 Å². The predicted molar refractivity (Wildman–Crippen MR) is 67.3 cm³/mol. The van der Waals surface area contributed by atoms with E-state index in [-0.39, 0.29) is 0 Å². The fraction of sp³-hybridized carbons (Fsp3) is 0.214. The minimum Gasteiger partial charge on any atom is -0.411 e. The summed E-state index contributed by atoms with van der Waals surface area (Å²) >= 11 is 0. The summed E-state index contributed by atoms with van der Waals surface area (Å²) in [7, 11) is 0. The lowest BCUT2D eigenvalue weighted by Crippen LogP contribution is -2.38. The average molecular weight is 243 g/mol. The monoisotopic (exact) mass is 243 g/mol. The van der Waals surface area contributed by atoms with Crippen LogP contribution < -0.4 is 9.13 Å². The predicted octanol–water partition coefficient (Wildman–Crippen LogP) is 1.16. The van der Waals surface area contributed by atoms with Gasteiger partial charge in [0, 0.05) is 29.8 Å². The summed E-state index contributed by atoms with van der Waals surface area (Å²) in [5.74, 6) is 0. The maximum Gasteiger partial charge on any atom is 0.169 e. The van der Waals surface area contributed by atoms with E-state index in [9.17, 15) is 0 Å². The van der Waals surface area contributed by atoms with Crippen molar-refractivity contribution < 1.29 is 14.3 Å². The first-order valence-corrected chi connectivity index (χ1v) is 5.99. The Hall–Kier alpha value is -2.23. The molecular formula is C14H17N3O+2. The van der Waals surface area contributed by atoms with Gasteiger partial charge in [-0.2, -0.15) is 0 Å². The lowest BCUT2D eigenvalue weighted by atomic mass is 10.3. The maximum atomic E-state index is 8.42. The van der Waals surface area contributed by atoms with Crippen molar-refractivity contribution in [3.63, 3.8) is 0 Å². The first-order valence-electron chi connectivity index (χ1n) is 5.99. The summed E-state index contributed by atoms with van der Waals surface area (Å²) in [4.78, 5) is 0. The number of rotatable bonds is 5. The smallest absolute Gasteiger partial charge is 0.169 e. The molecule has 0 aromatic carbocycles. The largest absolute Gasteiger partial charge is 0.411 e. The highest BCUT2D eigenvalue weighted by Crippen LogP contribution is 1.91. The molecule has 2 rings (SSSR count). The normalized spacial score (nSPS) is 10.9. The highest BCUT2D eigenvalue weighted by atomic mass is 16.4. The summed E-state index contributed by atoms with van der Waals surface area (Å²) in [5.41, 5.74) is 0.895. The summed E-state index contributed by atoms with van der Waals surface area (Å²) in [6, 6.07) is 9.95. The Morgan fingerprint density at radius 2 is 1.56 bits per heavy atom. The lowest BCUT2D eigenvalue weighted by Gasteiger charge is -1.96. The van der Waals surface area contributed by atoms with Gasteiger partial charge >= 0.3 is 0 Å². The zero-order valence-corrected chi connectivity index (χ0v) is 10.2. The van der Waals surface area contributed by atoms with E-state index in [1.54, 1.807) is 0 Å². The van der Waals surface area contributed by atoms with E-state index in [0.29, 0.717) is 0 Å². The molecule has 0 bridgehead atoms. The summed E-state index contributed by atoms with van der Waals surface area (Å²) in [6.45, 7) is 1.98. The van der Waals surface area contributed by atoms with E-state index < -0.39 is 0 Å². The van der Waals surface area contributed by atoms with Gasteiger partial charge in [0.05, 0.1) is 12.6 Å². The van der Waals surface area contributed by atoms with Crippen LogP contribution in [0, 0.1) is 0 Å². The van der Waals surface area contributed by atoms with E-state index >= 15 is 0 Å². The molecule has 4 nitrogen and oxygen atoms in total. The van der Waals surface area contributed by atoms with Crippen molar-refractivity contribution in [1.29, 1.82) is 0 Å². The summed E-state index contributed by atoms with van der Waals surface area (Å²) in [6.07, 6.45) is 10.6. The molecule has 0 aliphatic carbocycles. The van der Waals surface area contributed by atoms with Gasteiger partial charge in [-0.1, -0.05) is 11.2 Å². The fourth-order valence-electron chi connectivity index (χ4n) is 1.79. The number of nitrogens with zero attached hydrogens (tertiary/aromatic N) is 3. The second-order valence-corrected chi connectivity index (χ2v) is 4.08. The number of oxime groups is 1. The van der Waals surface area contributed by atoms with E-state index in [0.717, 1.165) is 25.1 Å². The Morgan fingerprint density at radius 1 is 0.944 bits per heavy atom. The molecule has 1 N–H and O–H groups in total. The molecule has 2 aromatic rings. The molecule has 0 atom stereocenters. The topological polar surface area (TPSA) is 40.4 Å². The van der Waals surface area contributed by atoms with Crippen LogP contribution in [0.15, 0.2) is 60.3 Å². The molecule has 0 saturated carbocycles. The van der Waals surface area contributed by atoms with Crippen LogP contribution in [-0.4, -0.2) is 11.4 Å². The van der Waals surface area contributed by atoms with Crippen LogP contribution in [0.25, 0.3) is 0 Å². The SMILES string of the molecule is ON=Cc1cc[n+](CCC[n+]2ccccc2)cc1. The third kappa shape index (κ3) is 3.66. The number of aryl methyl sites for hydroxylation is 2. The van der Waals surface area contributed by atoms with Crippen LogP contribution in [0.3, 0.4) is 0 Å². The molecule has 4 heteroatoms. The average Bonchev–Trinajstić information content (AvgIpc) is 2.42. The van der Waals surface area contributed by atoms with E-state index in [1.165, 1.54) is 6.21 Å². The minimum absolute atomic E-state index is 0.895. The molecule has 92 valence electrons. The molecule has 2 aromatic heterocycles. The van der Waals surface area contributed by atoms with E-state index in [4.69, 9.17) is 5.21 Å². The van der Waals surface area contributed by atoms with Crippen molar-refractivity contribution in [3.8, 4) is 0 Å². The van der Waals surface area contributed by atoms with Crippen molar-refractivity contribution in [2.75, 3.05) is 0 Å². The zero-order chi connectivity index (χ0) is 12.6. The van der Waals surface area contributed by atoms with E-state index in [1.807, 2.05) is 42.7 Å². The molecule has 2 heterocycles. The Kier molecular flexibility index (Phi) is 4.41. The minimum atomic E-state index is 0.895. The van der Waals surface area contributed by atoms with Gasteiger partial charge in [-0.3, -0.25) is 0 Å². The van der Waals surface area contributed by atoms with Gasteiger partial charge in [-0.25, -0.2) is 9.13 Å². The maximum absolute atomic E-state index is 8.42.